The first-order valence-electron chi connectivity index (χ1n) is 7.45. The lowest BCUT2D eigenvalue weighted by molar-refractivity contribution is 0.350. The topological polar surface area (TPSA) is 68.6 Å². The maximum Gasteiger partial charge on any atom is 0.183 e. The third kappa shape index (κ3) is 3.30. The van der Waals surface area contributed by atoms with Crippen LogP contribution in [0.15, 0.2) is 34.8 Å². The van der Waals surface area contributed by atoms with E-state index in [2.05, 4.69) is 41.0 Å². The van der Waals surface area contributed by atoms with E-state index >= 15 is 0 Å². The number of anilines is 1. The summed E-state index contributed by atoms with van der Waals surface area (Å²) in [6.07, 6.45) is 0. The Morgan fingerprint density at radius 2 is 2.04 bits per heavy atom. The fourth-order valence-corrected chi connectivity index (χ4v) is 3.14. The summed E-state index contributed by atoms with van der Waals surface area (Å²) in [7, 11) is 1.62. The lowest BCUT2D eigenvalue weighted by Gasteiger charge is -2.08. The molecule has 0 unspecified atom stereocenters. The smallest absolute Gasteiger partial charge is 0.183 e. The van der Waals surface area contributed by atoms with Gasteiger partial charge in [0.15, 0.2) is 10.9 Å². The molecule has 0 fully saturated rings. The molecule has 3 rings (SSSR count). The number of rotatable bonds is 6. The van der Waals surface area contributed by atoms with Crippen molar-refractivity contribution in [3.05, 3.63) is 29.6 Å². The van der Waals surface area contributed by atoms with Crippen LogP contribution in [-0.4, -0.2) is 29.8 Å². The molecule has 1 N–H and O–H groups in total. The van der Waals surface area contributed by atoms with Gasteiger partial charge in [-0.2, -0.15) is 0 Å². The van der Waals surface area contributed by atoms with Crippen LogP contribution in [0.2, 0.25) is 0 Å². The number of ether oxygens (including phenoxy) is 1. The number of hydrogen-bond acceptors (Lipinski definition) is 7. The first-order chi connectivity index (χ1) is 11.6. The van der Waals surface area contributed by atoms with Gasteiger partial charge in [-0.15, -0.1) is 11.3 Å². The number of nitrogens with one attached hydrogen (secondary N) is 1. The Morgan fingerprint density at radius 1 is 1.21 bits per heavy atom. The van der Waals surface area contributed by atoms with Crippen molar-refractivity contribution in [3.8, 4) is 22.9 Å². The minimum absolute atomic E-state index is 0.321. The number of methoxy groups -OCH3 is 1. The Bertz CT molecular complexity index is 876. The van der Waals surface area contributed by atoms with Crippen molar-refractivity contribution in [3.63, 3.8) is 0 Å². The molecule has 6 nitrogen and oxygen atoms in total. The summed E-state index contributed by atoms with van der Waals surface area (Å²) in [5.41, 5.74) is 2.24. The van der Waals surface area contributed by atoms with Crippen LogP contribution in [0.1, 0.15) is 13.8 Å². The Kier molecular flexibility index (Phi) is 4.61. The van der Waals surface area contributed by atoms with Crippen molar-refractivity contribution < 1.29 is 9.57 Å². The first kappa shape index (κ1) is 16.2. The van der Waals surface area contributed by atoms with Gasteiger partial charge in [0, 0.05) is 35.7 Å². The van der Waals surface area contributed by atoms with E-state index in [1.807, 2.05) is 29.6 Å². The zero-order valence-corrected chi connectivity index (χ0v) is 14.6. The number of hydrogen-bond donors (Lipinski definition) is 1. The van der Waals surface area contributed by atoms with Gasteiger partial charge < -0.3 is 14.9 Å². The highest BCUT2D eigenvalue weighted by Crippen LogP contribution is 2.33. The summed E-state index contributed by atoms with van der Waals surface area (Å²) in [6, 6.07) is 7.74. The number of fused-ring (bicyclic) bond motifs is 1. The Balaban J connectivity index is 2.09. The minimum atomic E-state index is 0.321. The fraction of sp³-hybridized carbons (Fsp3) is 0.235. The second-order valence-electron chi connectivity index (χ2n) is 5.45. The van der Waals surface area contributed by atoms with E-state index in [0.29, 0.717) is 17.5 Å². The van der Waals surface area contributed by atoms with E-state index in [4.69, 9.17) is 9.57 Å². The van der Waals surface area contributed by atoms with Crippen molar-refractivity contribution in [2.24, 2.45) is 5.16 Å². The molecule has 2 heterocycles. The van der Waals surface area contributed by atoms with E-state index < -0.39 is 0 Å². The molecule has 0 atom stereocenters. The lowest BCUT2D eigenvalue weighted by atomic mass is 10.1. The first-order valence-corrected chi connectivity index (χ1v) is 8.33. The highest BCUT2D eigenvalue weighted by atomic mass is 32.1. The molecule has 7 heteroatoms. The molecule has 0 amide bonds. The van der Waals surface area contributed by atoms with Crippen molar-refractivity contribution in [2.45, 2.75) is 19.9 Å². The highest BCUT2D eigenvalue weighted by Gasteiger charge is 2.13. The summed E-state index contributed by atoms with van der Waals surface area (Å²) in [5.74, 6) is 1.31. The van der Waals surface area contributed by atoms with E-state index in [1.165, 1.54) is 0 Å². The van der Waals surface area contributed by atoms with Crippen LogP contribution >= 0.6 is 11.3 Å². The van der Waals surface area contributed by atoms with Crippen molar-refractivity contribution >= 4 is 34.1 Å². The third-order valence-corrected chi connectivity index (χ3v) is 4.09. The van der Waals surface area contributed by atoms with Gasteiger partial charge in [0.05, 0.1) is 18.3 Å². The molecule has 24 heavy (non-hydrogen) atoms. The summed E-state index contributed by atoms with van der Waals surface area (Å²) in [6.45, 7) is 7.54. The zero-order valence-electron chi connectivity index (χ0n) is 13.7. The fourth-order valence-electron chi connectivity index (χ4n) is 2.28. The molecule has 3 aromatic rings. The van der Waals surface area contributed by atoms with Gasteiger partial charge in [-0.25, -0.2) is 9.97 Å². The molecule has 0 bridgehead atoms. The third-order valence-electron chi connectivity index (χ3n) is 3.32. The van der Waals surface area contributed by atoms with Crippen molar-refractivity contribution in [1.82, 2.24) is 9.97 Å². The number of oxime groups is 1. The van der Waals surface area contributed by atoms with E-state index in [0.717, 1.165) is 27.5 Å². The number of pyridine rings is 1. The molecule has 0 spiro atoms. The molecular weight excluding hydrogens is 324 g/mol. The second kappa shape index (κ2) is 6.84. The van der Waals surface area contributed by atoms with Gasteiger partial charge >= 0.3 is 0 Å². The van der Waals surface area contributed by atoms with Crippen LogP contribution in [0.3, 0.4) is 0 Å². The molecular formula is C17H18N4O2S. The lowest BCUT2D eigenvalue weighted by Crippen LogP contribution is -2.09. The average molecular weight is 342 g/mol. The Labute approximate surface area is 144 Å². The molecule has 1 aromatic carbocycles. The zero-order chi connectivity index (χ0) is 17.1. The van der Waals surface area contributed by atoms with Crippen LogP contribution in [0.4, 0.5) is 5.13 Å². The number of thiazole rings is 1. The molecule has 2 aromatic heterocycles. The molecule has 124 valence electrons. The number of nitrogens with zero attached hydrogens (tertiary/aromatic N) is 3. The van der Waals surface area contributed by atoms with E-state index in [9.17, 15) is 0 Å². The number of aromatic nitrogens is 2. The summed E-state index contributed by atoms with van der Waals surface area (Å²) in [4.78, 5) is 14.6. The predicted molar refractivity (Wildman–Crippen MR) is 98.3 cm³/mol. The molecule has 0 saturated carbocycles. The predicted octanol–water partition coefficient (Wildman–Crippen LogP) is 4.18. The maximum atomic E-state index is 5.32. The van der Waals surface area contributed by atoms with Crippen molar-refractivity contribution in [2.75, 3.05) is 12.4 Å². The van der Waals surface area contributed by atoms with Gasteiger partial charge in [-0.1, -0.05) is 5.16 Å². The van der Waals surface area contributed by atoms with Crippen molar-refractivity contribution in [1.29, 1.82) is 0 Å². The van der Waals surface area contributed by atoms with Crippen LogP contribution < -0.4 is 14.9 Å². The van der Waals surface area contributed by atoms with Gasteiger partial charge in [0.25, 0.3) is 0 Å². The van der Waals surface area contributed by atoms with Gasteiger partial charge in [0.1, 0.15) is 11.4 Å². The Morgan fingerprint density at radius 3 is 2.75 bits per heavy atom. The molecule has 0 saturated heterocycles. The molecule has 0 aliphatic heterocycles. The van der Waals surface area contributed by atoms with Gasteiger partial charge in [0.2, 0.25) is 0 Å². The largest absolute Gasteiger partial charge is 0.497 e. The summed E-state index contributed by atoms with van der Waals surface area (Å²) >= 11 is 1.54. The maximum absolute atomic E-state index is 5.32. The van der Waals surface area contributed by atoms with Crippen LogP contribution in [0.25, 0.3) is 22.3 Å². The molecule has 0 aliphatic rings. The average Bonchev–Trinajstić information content (AvgIpc) is 3.02. The monoisotopic (exact) mass is 342 g/mol. The Hall–Kier alpha value is -2.67. The normalized spacial score (nSPS) is 10.8. The standard InChI is InChI=1S/C17H18N4O2S/c1-10(2)19-17-21-15(9-24-17)14-8-16(23-18-3)12-6-5-11(22-4)7-13(12)20-14/h5-10H,3H2,1-2,4H3,(H,19,21). The number of benzene rings is 1. The summed E-state index contributed by atoms with van der Waals surface area (Å²) < 4.78 is 5.28. The second-order valence-corrected chi connectivity index (χ2v) is 6.30. The van der Waals surface area contributed by atoms with E-state index in [-0.39, 0.29) is 0 Å². The highest BCUT2D eigenvalue weighted by molar-refractivity contribution is 7.14. The quantitative estimate of drug-likeness (QED) is 0.537. The van der Waals surface area contributed by atoms with E-state index in [1.54, 1.807) is 18.4 Å². The minimum Gasteiger partial charge on any atom is -0.497 e. The molecule has 0 aliphatic carbocycles. The van der Waals surface area contributed by atoms with Crippen LogP contribution in [0, 0.1) is 0 Å². The molecule has 0 radical (unpaired) electrons. The van der Waals surface area contributed by atoms with Gasteiger partial charge in [-0.3, -0.25) is 0 Å². The van der Waals surface area contributed by atoms with Crippen LogP contribution in [-0.2, 0) is 0 Å². The van der Waals surface area contributed by atoms with Gasteiger partial charge in [-0.05, 0) is 26.0 Å². The SMILES string of the molecule is C=NOc1cc(-c2csc(NC(C)C)n2)nc2cc(OC)ccc12. The summed E-state index contributed by atoms with van der Waals surface area (Å²) in [5, 5.41) is 10.5. The van der Waals surface area contributed by atoms with Crippen LogP contribution in [0.5, 0.6) is 11.5 Å².